The van der Waals surface area contributed by atoms with E-state index in [-0.39, 0.29) is 17.8 Å². The first-order valence-electron chi connectivity index (χ1n) is 3.84. The number of hydrogen-bond acceptors (Lipinski definition) is 3. The van der Waals surface area contributed by atoms with Gasteiger partial charge in [0.25, 0.3) is 0 Å². The van der Waals surface area contributed by atoms with Crippen LogP contribution in [0.1, 0.15) is 6.42 Å². The van der Waals surface area contributed by atoms with Crippen molar-refractivity contribution in [2.75, 3.05) is 14.2 Å². The number of hydrogen-bond donors (Lipinski definition) is 1. The van der Waals surface area contributed by atoms with Gasteiger partial charge in [-0.25, -0.2) is 0 Å². The normalized spacial score (nSPS) is 10.3. The lowest BCUT2D eigenvalue weighted by molar-refractivity contribution is -0.144. The van der Waals surface area contributed by atoms with E-state index in [1.54, 1.807) is 0 Å². The Hall–Kier alpha value is -1.29. The highest BCUT2D eigenvalue weighted by Crippen LogP contribution is 2.16. The van der Waals surface area contributed by atoms with Crippen LogP contribution in [0.25, 0.3) is 0 Å². The lowest BCUT2D eigenvalue weighted by Gasteiger charge is -1.95. The minimum absolute atomic E-state index is 0. The van der Waals surface area contributed by atoms with E-state index in [1.165, 1.54) is 0 Å². The zero-order chi connectivity index (χ0) is 14.5. The largest absolute Gasteiger partial charge is 0.504 e. The van der Waals surface area contributed by atoms with Crippen molar-refractivity contribution in [2.24, 2.45) is 0 Å². The number of halogens is 6. The molecule has 18 heavy (non-hydrogen) atoms. The summed E-state index contributed by atoms with van der Waals surface area (Å²) in [5.41, 5.74) is 0. The minimum Gasteiger partial charge on any atom is -0.504 e. The lowest BCUT2D eigenvalue weighted by atomic mass is 10.5. The molecule has 0 aliphatic heterocycles. The van der Waals surface area contributed by atoms with Gasteiger partial charge in [0, 0.05) is 7.11 Å². The first-order valence-corrected chi connectivity index (χ1v) is 3.84. The van der Waals surface area contributed by atoms with Crippen LogP contribution in [-0.2, 0) is 9.53 Å². The predicted molar refractivity (Wildman–Crippen MR) is 50.7 cm³/mol. The second kappa shape index (κ2) is 13.8. The maximum atomic E-state index is 11.1. The molecular formula is C8H14F6O4. The summed E-state index contributed by atoms with van der Waals surface area (Å²) >= 11 is 0. The standard InChI is InChI=1S/C4H5F3O.C3H3F3O.CH4O.H2O/c1-8-3-2-4(5,6)7;4-3(5,6)1-2-7;1-2;/h2-3H,1H3;2H,1H2;2H,1H3;1H2/b3-2+;;;. The van der Waals surface area contributed by atoms with Gasteiger partial charge in [0.05, 0.1) is 25.9 Å². The SMILES string of the molecule is CO.CO/C=C/C(F)(F)F.O.O=CCC(F)(F)F. The third kappa shape index (κ3) is 46.5. The van der Waals surface area contributed by atoms with Gasteiger partial charge in [-0.05, 0) is 0 Å². The fraction of sp³-hybridized carbons (Fsp3) is 0.625. The molecule has 0 spiro atoms. The molecule has 0 aromatic rings. The van der Waals surface area contributed by atoms with Gasteiger partial charge in [-0.2, -0.15) is 26.3 Å². The highest BCUT2D eigenvalue weighted by molar-refractivity contribution is 5.50. The molecule has 0 bridgehead atoms. The van der Waals surface area contributed by atoms with Gasteiger partial charge in [-0.1, -0.05) is 0 Å². The van der Waals surface area contributed by atoms with Crippen molar-refractivity contribution in [1.29, 1.82) is 0 Å². The fourth-order valence-electron chi connectivity index (χ4n) is 0.240. The predicted octanol–water partition coefficient (Wildman–Crippen LogP) is 1.63. The Balaban J connectivity index is -0.0000000916. The van der Waals surface area contributed by atoms with Crippen molar-refractivity contribution in [1.82, 2.24) is 0 Å². The summed E-state index contributed by atoms with van der Waals surface area (Å²) in [6.45, 7) is 0. The molecule has 112 valence electrons. The molecule has 0 aromatic heterocycles. The molecule has 0 rings (SSSR count). The molecule has 0 saturated heterocycles. The van der Waals surface area contributed by atoms with Crippen LogP contribution in [0.4, 0.5) is 26.3 Å². The second-order valence-corrected chi connectivity index (χ2v) is 2.07. The van der Waals surface area contributed by atoms with Crippen LogP contribution in [0.5, 0.6) is 0 Å². The van der Waals surface area contributed by atoms with Crippen molar-refractivity contribution < 1.29 is 46.5 Å². The molecule has 0 saturated carbocycles. The van der Waals surface area contributed by atoms with Gasteiger partial charge in [-0.3, -0.25) is 0 Å². The molecule has 0 aromatic carbocycles. The van der Waals surface area contributed by atoms with Gasteiger partial charge in [0.1, 0.15) is 6.29 Å². The smallest absolute Gasteiger partial charge is 0.412 e. The first-order chi connectivity index (χ1) is 7.62. The van der Waals surface area contributed by atoms with E-state index >= 15 is 0 Å². The number of methoxy groups -OCH3 is 1. The van der Waals surface area contributed by atoms with E-state index in [0.717, 1.165) is 14.2 Å². The average molecular weight is 288 g/mol. The summed E-state index contributed by atoms with van der Waals surface area (Å²) in [6, 6.07) is 0. The summed E-state index contributed by atoms with van der Waals surface area (Å²) in [7, 11) is 2.16. The highest BCUT2D eigenvalue weighted by atomic mass is 19.4. The van der Waals surface area contributed by atoms with Gasteiger partial charge in [0.2, 0.25) is 0 Å². The summed E-state index contributed by atoms with van der Waals surface area (Å²) in [6.07, 6.45) is -9.47. The molecule has 0 aliphatic carbocycles. The number of aliphatic hydroxyl groups excluding tert-OH is 1. The molecule has 0 aliphatic rings. The van der Waals surface area contributed by atoms with E-state index in [4.69, 9.17) is 9.90 Å². The molecule has 10 heteroatoms. The number of allylic oxidation sites excluding steroid dienone is 1. The molecule has 0 fully saturated rings. The van der Waals surface area contributed by atoms with Gasteiger partial charge in [-0.15, -0.1) is 0 Å². The van der Waals surface area contributed by atoms with Crippen molar-refractivity contribution in [3.63, 3.8) is 0 Å². The number of carbonyl (C=O) groups is 1. The molecule has 0 atom stereocenters. The fourth-order valence-corrected chi connectivity index (χ4v) is 0.240. The van der Waals surface area contributed by atoms with Crippen LogP contribution < -0.4 is 0 Å². The summed E-state index contributed by atoms with van der Waals surface area (Å²) in [5.74, 6) is 0. The Labute approximate surface area is 99.2 Å². The van der Waals surface area contributed by atoms with Crippen LogP contribution in [0.3, 0.4) is 0 Å². The Morgan fingerprint density at radius 2 is 1.50 bits per heavy atom. The van der Waals surface area contributed by atoms with Crippen molar-refractivity contribution in [3.8, 4) is 0 Å². The van der Waals surface area contributed by atoms with Crippen molar-refractivity contribution >= 4 is 6.29 Å². The van der Waals surface area contributed by atoms with E-state index in [2.05, 4.69) is 4.74 Å². The van der Waals surface area contributed by atoms with Gasteiger partial charge >= 0.3 is 12.4 Å². The third-order valence-electron chi connectivity index (χ3n) is 0.708. The zero-order valence-electron chi connectivity index (χ0n) is 9.47. The molecule has 3 N–H and O–H groups in total. The monoisotopic (exact) mass is 288 g/mol. The quantitative estimate of drug-likeness (QED) is 0.476. The molecule has 0 radical (unpaired) electrons. The Morgan fingerprint density at radius 1 is 1.11 bits per heavy atom. The maximum absolute atomic E-state index is 11.1. The summed E-state index contributed by atoms with van der Waals surface area (Å²) in [5, 5.41) is 7.00. The van der Waals surface area contributed by atoms with Crippen LogP contribution in [0.2, 0.25) is 0 Å². The van der Waals surface area contributed by atoms with Crippen molar-refractivity contribution in [2.45, 2.75) is 18.8 Å². The average Bonchev–Trinajstić information content (AvgIpc) is 2.16. The van der Waals surface area contributed by atoms with E-state index in [0.29, 0.717) is 6.26 Å². The Bertz CT molecular complexity index is 199. The Kier molecular flexibility index (Phi) is 19.5. The molecule has 0 heterocycles. The number of rotatable bonds is 2. The number of carbonyl (C=O) groups excluding carboxylic acids is 1. The second-order valence-electron chi connectivity index (χ2n) is 2.07. The van der Waals surface area contributed by atoms with E-state index in [9.17, 15) is 26.3 Å². The van der Waals surface area contributed by atoms with E-state index < -0.39 is 18.8 Å². The molecular weight excluding hydrogens is 274 g/mol. The minimum atomic E-state index is -4.32. The van der Waals surface area contributed by atoms with Crippen LogP contribution in [-0.4, -0.2) is 43.4 Å². The lowest BCUT2D eigenvalue weighted by Crippen LogP contribution is -2.06. The first kappa shape index (κ1) is 25.5. The summed E-state index contributed by atoms with van der Waals surface area (Å²) in [4.78, 5) is 9.10. The van der Waals surface area contributed by atoms with Crippen molar-refractivity contribution in [3.05, 3.63) is 12.3 Å². The van der Waals surface area contributed by atoms with Gasteiger partial charge < -0.3 is 20.1 Å². The Morgan fingerprint density at radius 3 is 1.56 bits per heavy atom. The van der Waals surface area contributed by atoms with Crippen LogP contribution in [0, 0.1) is 0 Å². The number of ether oxygens (including phenoxy) is 1. The third-order valence-corrected chi connectivity index (χ3v) is 0.708. The number of alkyl halides is 6. The number of aldehydes is 1. The van der Waals surface area contributed by atoms with E-state index in [1.807, 2.05) is 0 Å². The topological polar surface area (TPSA) is 78.0 Å². The number of aliphatic hydroxyl groups is 1. The maximum Gasteiger partial charge on any atom is 0.412 e. The molecule has 4 nitrogen and oxygen atoms in total. The summed E-state index contributed by atoms with van der Waals surface area (Å²) < 4.78 is 69.7. The van der Waals surface area contributed by atoms with Crippen LogP contribution >= 0.6 is 0 Å². The molecule has 0 unspecified atom stereocenters. The van der Waals surface area contributed by atoms with Crippen LogP contribution in [0.15, 0.2) is 12.3 Å². The zero-order valence-corrected chi connectivity index (χ0v) is 9.47. The van der Waals surface area contributed by atoms with Gasteiger partial charge in [0.15, 0.2) is 0 Å². The molecule has 0 amide bonds. The highest BCUT2D eigenvalue weighted by Gasteiger charge is 2.25.